The molecular formula is C15H22N2O. The number of piperidine rings is 1. The second-order valence-corrected chi connectivity index (χ2v) is 6.09. The summed E-state index contributed by atoms with van der Waals surface area (Å²) in [7, 11) is 0. The predicted molar refractivity (Wildman–Crippen MR) is 71.3 cm³/mol. The van der Waals surface area contributed by atoms with Gasteiger partial charge < -0.3 is 9.64 Å². The van der Waals surface area contributed by atoms with E-state index in [0.717, 1.165) is 30.7 Å². The SMILES string of the molecule is CC(C)(OCCN1CC2CC2C1)c1ccccn1. The highest BCUT2D eigenvalue weighted by atomic mass is 16.5. The summed E-state index contributed by atoms with van der Waals surface area (Å²) >= 11 is 0. The van der Waals surface area contributed by atoms with Crippen LogP contribution in [0.2, 0.25) is 0 Å². The Morgan fingerprint density at radius 1 is 1.33 bits per heavy atom. The molecule has 98 valence electrons. The average molecular weight is 246 g/mol. The maximum absolute atomic E-state index is 6.02. The van der Waals surface area contributed by atoms with Crippen molar-refractivity contribution < 1.29 is 4.74 Å². The molecule has 3 heteroatoms. The Balaban J connectivity index is 1.47. The second-order valence-electron chi connectivity index (χ2n) is 6.09. The highest BCUT2D eigenvalue weighted by Crippen LogP contribution is 2.44. The molecule has 0 spiro atoms. The number of hydrogen-bond acceptors (Lipinski definition) is 3. The molecule has 1 aliphatic carbocycles. The third kappa shape index (κ3) is 2.57. The molecule has 2 atom stereocenters. The fraction of sp³-hybridized carbons (Fsp3) is 0.667. The van der Waals surface area contributed by atoms with E-state index >= 15 is 0 Å². The number of nitrogens with zero attached hydrogens (tertiary/aromatic N) is 2. The minimum Gasteiger partial charge on any atom is -0.368 e. The number of fused-ring (bicyclic) bond motifs is 1. The van der Waals surface area contributed by atoms with E-state index in [1.54, 1.807) is 0 Å². The summed E-state index contributed by atoms with van der Waals surface area (Å²) in [6.07, 6.45) is 3.30. The van der Waals surface area contributed by atoms with Crippen LogP contribution in [-0.4, -0.2) is 36.1 Å². The molecule has 0 bridgehead atoms. The van der Waals surface area contributed by atoms with Crippen molar-refractivity contribution in [3.05, 3.63) is 30.1 Å². The number of hydrogen-bond donors (Lipinski definition) is 0. The van der Waals surface area contributed by atoms with E-state index in [-0.39, 0.29) is 5.60 Å². The van der Waals surface area contributed by atoms with E-state index in [1.807, 2.05) is 24.4 Å². The Morgan fingerprint density at radius 2 is 2.11 bits per heavy atom. The average Bonchev–Trinajstić information content (AvgIpc) is 2.98. The molecule has 3 nitrogen and oxygen atoms in total. The van der Waals surface area contributed by atoms with Crippen molar-refractivity contribution in [3.8, 4) is 0 Å². The Bertz CT molecular complexity index is 394. The molecule has 1 aromatic heterocycles. The van der Waals surface area contributed by atoms with Crippen LogP contribution in [0.15, 0.2) is 24.4 Å². The summed E-state index contributed by atoms with van der Waals surface area (Å²) in [4.78, 5) is 6.92. The molecule has 0 amide bonds. The lowest BCUT2D eigenvalue weighted by molar-refractivity contribution is -0.0325. The van der Waals surface area contributed by atoms with Crippen molar-refractivity contribution in [1.82, 2.24) is 9.88 Å². The van der Waals surface area contributed by atoms with E-state index in [2.05, 4.69) is 23.7 Å². The van der Waals surface area contributed by atoms with E-state index in [0.29, 0.717) is 0 Å². The number of ether oxygens (including phenoxy) is 1. The van der Waals surface area contributed by atoms with Crippen LogP contribution in [-0.2, 0) is 10.3 Å². The number of pyridine rings is 1. The fourth-order valence-electron chi connectivity index (χ4n) is 2.90. The Hall–Kier alpha value is -0.930. The van der Waals surface area contributed by atoms with Gasteiger partial charge in [0.25, 0.3) is 0 Å². The van der Waals surface area contributed by atoms with Crippen LogP contribution in [0.5, 0.6) is 0 Å². The van der Waals surface area contributed by atoms with Crippen molar-refractivity contribution in [2.24, 2.45) is 11.8 Å². The summed E-state index contributed by atoms with van der Waals surface area (Å²) in [6, 6.07) is 5.99. The highest BCUT2D eigenvalue weighted by Gasteiger charge is 2.44. The lowest BCUT2D eigenvalue weighted by atomic mass is 10.0. The van der Waals surface area contributed by atoms with Crippen molar-refractivity contribution in [1.29, 1.82) is 0 Å². The number of rotatable bonds is 5. The van der Waals surface area contributed by atoms with Crippen LogP contribution in [0.3, 0.4) is 0 Å². The van der Waals surface area contributed by atoms with Gasteiger partial charge in [-0.3, -0.25) is 4.98 Å². The van der Waals surface area contributed by atoms with Crippen LogP contribution >= 0.6 is 0 Å². The van der Waals surface area contributed by atoms with E-state index < -0.39 is 0 Å². The minimum absolute atomic E-state index is 0.288. The predicted octanol–water partition coefficient (Wildman–Crippen LogP) is 2.29. The van der Waals surface area contributed by atoms with E-state index in [1.165, 1.54) is 19.5 Å². The Morgan fingerprint density at radius 3 is 2.78 bits per heavy atom. The first-order chi connectivity index (χ1) is 8.65. The molecule has 1 aliphatic heterocycles. The molecule has 0 aromatic carbocycles. The zero-order chi connectivity index (χ0) is 12.6. The first-order valence-electron chi connectivity index (χ1n) is 6.93. The quantitative estimate of drug-likeness (QED) is 0.797. The summed E-state index contributed by atoms with van der Waals surface area (Å²) in [6.45, 7) is 8.62. The normalized spacial score (nSPS) is 27.2. The van der Waals surface area contributed by atoms with Gasteiger partial charge in [0, 0.05) is 25.8 Å². The van der Waals surface area contributed by atoms with Crippen molar-refractivity contribution in [2.75, 3.05) is 26.2 Å². The van der Waals surface area contributed by atoms with Gasteiger partial charge in [0.15, 0.2) is 0 Å². The van der Waals surface area contributed by atoms with Gasteiger partial charge in [0.05, 0.1) is 12.3 Å². The largest absolute Gasteiger partial charge is 0.368 e. The maximum Gasteiger partial charge on any atom is 0.104 e. The van der Waals surface area contributed by atoms with Crippen molar-refractivity contribution in [3.63, 3.8) is 0 Å². The first-order valence-corrected chi connectivity index (χ1v) is 6.93. The summed E-state index contributed by atoms with van der Waals surface area (Å²) in [5.41, 5.74) is 0.721. The topological polar surface area (TPSA) is 25.4 Å². The standard InChI is InChI=1S/C15H22N2O/c1-15(2,14-5-3-4-6-16-14)18-8-7-17-10-12-9-13(12)11-17/h3-6,12-13H,7-11H2,1-2H3. The lowest BCUT2D eigenvalue weighted by Crippen LogP contribution is -2.31. The van der Waals surface area contributed by atoms with Gasteiger partial charge in [0.2, 0.25) is 0 Å². The van der Waals surface area contributed by atoms with Crippen LogP contribution in [0.4, 0.5) is 0 Å². The molecule has 1 saturated carbocycles. The van der Waals surface area contributed by atoms with E-state index in [9.17, 15) is 0 Å². The maximum atomic E-state index is 6.02. The molecule has 2 aliphatic rings. The minimum atomic E-state index is -0.288. The molecule has 2 heterocycles. The van der Waals surface area contributed by atoms with Gasteiger partial charge in [-0.05, 0) is 44.2 Å². The van der Waals surface area contributed by atoms with Gasteiger partial charge in [-0.15, -0.1) is 0 Å². The third-order valence-electron chi connectivity index (χ3n) is 4.21. The lowest BCUT2D eigenvalue weighted by Gasteiger charge is -2.26. The summed E-state index contributed by atoms with van der Waals surface area (Å²) < 4.78 is 6.02. The summed E-state index contributed by atoms with van der Waals surface area (Å²) in [5, 5.41) is 0. The Labute approximate surface area is 109 Å². The second kappa shape index (κ2) is 4.63. The highest BCUT2D eigenvalue weighted by molar-refractivity contribution is 5.10. The monoisotopic (exact) mass is 246 g/mol. The van der Waals surface area contributed by atoms with Crippen LogP contribution in [0, 0.1) is 11.8 Å². The first kappa shape index (κ1) is 12.1. The van der Waals surface area contributed by atoms with Crippen LogP contribution in [0.1, 0.15) is 26.0 Å². The van der Waals surface area contributed by atoms with E-state index in [4.69, 9.17) is 4.74 Å². The van der Waals surface area contributed by atoms with Gasteiger partial charge in [-0.2, -0.15) is 0 Å². The molecule has 2 fully saturated rings. The van der Waals surface area contributed by atoms with Gasteiger partial charge >= 0.3 is 0 Å². The van der Waals surface area contributed by atoms with Crippen molar-refractivity contribution >= 4 is 0 Å². The van der Waals surface area contributed by atoms with Gasteiger partial charge in [0.1, 0.15) is 5.60 Å². The third-order valence-corrected chi connectivity index (χ3v) is 4.21. The molecule has 1 saturated heterocycles. The fourth-order valence-corrected chi connectivity index (χ4v) is 2.90. The summed E-state index contributed by atoms with van der Waals surface area (Å²) in [5.74, 6) is 2.02. The Kier molecular flexibility index (Phi) is 3.12. The molecule has 18 heavy (non-hydrogen) atoms. The zero-order valence-electron chi connectivity index (χ0n) is 11.3. The molecule has 0 radical (unpaired) electrons. The van der Waals surface area contributed by atoms with Crippen LogP contribution < -0.4 is 0 Å². The molecule has 2 unspecified atom stereocenters. The van der Waals surface area contributed by atoms with Gasteiger partial charge in [-0.25, -0.2) is 0 Å². The van der Waals surface area contributed by atoms with Crippen molar-refractivity contribution in [2.45, 2.75) is 25.9 Å². The number of likely N-dealkylation sites (tertiary alicyclic amines) is 1. The molecule has 3 rings (SSSR count). The zero-order valence-corrected chi connectivity index (χ0v) is 11.3. The number of aromatic nitrogens is 1. The smallest absolute Gasteiger partial charge is 0.104 e. The van der Waals surface area contributed by atoms with Gasteiger partial charge in [-0.1, -0.05) is 6.07 Å². The molecule has 0 N–H and O–H groups in total. The molecule has 1 aromatic rings. The molecular weight excluding hydrogens is 224 g/mol. The van der Waals surface area contributed by atoms with Crippen LogP contribution in [0.25, 0.3) is 0 Å².